The van der Waals surface area contributed by atoms with E-state index in [1.807, 2.05) is 30.3 Å². The van der Waals surface area contributed by atoms with Crippen molar-refractivity contribution < 1.29 is 19.0 Å². The van der Waals surface area contributed by atoms with Crippen LogP contribution in [0.1, 0.15) is 6.42 Å². The van der Waals surface area contributed by atoms with E-state index in [1.54, 1.807) is 7.11 Å². The van der Waals surface area contributed by atoms with Crippen LogP contribution < -0.4 is 10.1 Å². The van der Waals surface area contributed by atoms with E-state index in [2.05, 4.69) is 5.32 Å². The zero-order valence-electron chi connectivity index (χ0n) is 12.2. The van der Waals surface area contributed by atoms with Gasteiger partial charge in [0.2, 0.25) is 0 Å². The molecule has 0 aromatic heterocycles. The first kappa shape index (κ1) is 14.4. The molecule has 1 amide bonds. The first-order valence-corrected chi connectivity index (χ1v) is 7.37. The number of hydrogen-bond acceptors (Lipinski definition) is 4. The van der Waals surface area contributed by atoms with Crippen molar-refractivity contribution in [1.82, 2.24) is 5.32 Å². The highest BCUT2D eigenvalue weighted by Crippen LogP contribution is 2.43. The summed E-state index contributed by atoms with van der Waals surface area (Å²) in [7, 11) is 1.68. The fourth-order valence-corrected chi connectivity index (χ4v) is 3.33. The summed E-state index contributed by atoms with van der Waals surface area (Å²) in [4.78, 5) is 12.0. The van der Waals surface area contributed by atoms with Crippen LogP contribution in [-0.4, -0.2) is 45.0 Å². The number of amides is 1. The summed E-state index contributed by atoms with van der Waals surface area (Å²) in [5, 5.41) is 3.07. The van der Waals surface area contributed by atoms with Gasteiger partial charge in [-0.15, -0.1) is 0 Å². The third-order valence-corrected chi connectivity index (χ3v) is 4.33. The number of methoxy groups -OCH3 is 1. The second-order valence-electron chi connectivity index (χ2n) is 5.60. The summed E-state index contributed by atoms with van der Waals surface area (Å²) >= 11 is 0. The number of fused-ring (bicyclic) bond motifs is 1. The van der Waals surface area contributed by atoms with E-state index < -0.39 is 0 Å². The number of para-hydroxylation sites is 1. The second-order valence-corrected chi connectivity index (χ2v) is 5.60. The van der Waals surface area contributed by atoms with E-state index in [0.29, 0.717) is 18.3 Å². The standard InChI is InChI=1S/C16H21NO4/c1-19-9-13-15(12-7-8-20-16(12)13)17-14(18)10-21-11-5-3-2-4-6-11/h2-6,12-13,15-16H,7-10H2,1H3,(H,17,18)/t12-,13+,15+,16-/m0/s1. The van der Waals surface area contributed by atoms with Crippen molar-refractivity contribution in [3.8, 4) is 5.75 Å². The van der Waals surface area contributed by atoms with Gasteiger partial charge in [0.05, 0.1) is 12.7 Å². The van der Waals surface area contributed by atoms with Crippen molar-refractivity contribution in [2.75, 3.05) is 26.9 Å². The van der Waals surface area contributed by atoms with Crippen LogP contribution in [0.3, 0.4) is 0 Å². The number of rotatable bonds is 6. The molecule has 1 aliphatic heterocycles. The zero-order valence-corrected chi connectivity index (χ0v) is 12.2. The SMILES string of the molecule is COC[C@@H]1[C@H](NC(=O)COc2ccccc2)[C@@H]2CCO[C@H]12. The highest BCUT2D eigenvalue weighted by Gasteiger charge is 2.54. The molecule has 1 aliphatic carbocycles. The molecule has 1 aromatic rings. The normalized spacial score (nSPS) is 30.3. The Hall–Kier alpha value is -1.59. The molecule has 5 heteroatoms. The quantitative estimate of drug-likeness (QED) is 0.856. The number of benzene rings is 1. The highest BCUT2D eigenvalue weighted by molar-refractivity contribution is 5.78. The lowest BCUT2D eigenvalue weighted by Gasteiger charge is -2.47. The molecule has 0 spiro atoms. The smallest absolute Gasteiger partial charge is 0.258 e. The molecule has 1 saturated heterocycles. The maximum atomic E-state index is 12.0. The Morgan fingerprint density at radius 1 is 1.38 bits per heavy atom. The Morgan fingerprint density at radius 3 is 2.95 bits per heavy atom. The average molecular weight is 291 g/mol. The topological polar surface area (TPSA) is 56.8 Å². The molecule has 1 saturated carbocycles. The molecule has 4 atom stereocenters. The minimum atomic E-state index is -0.0877. The first-order chi connectivity index (χ1) is 10.3. The van der Waals surface area contributed by atoms with Crippen molar-refractivity contribution >= 4 is 5.91 Å². The fourth-order valence-electron chi connectivity index (χ4n) is 3.33. The van der Waals surface area contributed by atoms with E-state index in [4.69, 9.17) is 14.2 Å². The Morgan fingerprint density at radius 2 is 2.19 bits per heavy atom. The monoisotopic (exact) mass is 291 g/mol. The van der Waals surface area contributed by atoms with E-state index in [9.17, 15) is 4.79 Å². The van der Waals surface area contributed by atoms with Gasteiger partial charge in [0.1, 0.15) is 5.75 Å². The van der Waals surface area contributed by atoms with Crippen LogP contribution in [0.2, 0.25) is 0 Å². The molecule has 0 unspecified atom stereocenters. The van der Waals surface area contributed by atoms with Gasteiger partial charge >= 0.3 is 0 Å². The van der Waals surface area contributed by atoms with Crippen LogP contribution in [0.4, 0.5) is 0 Å². The number of carbonyl (C=O) groups excluding carboxylic acids is 1. The van der Waals surface area contributed by atoms with Gasteiger partial charge in [-0.05, 0) is 18.6 Å². The van der Waals surface area contributed by atoms with Gasteiger partial charge in [0.15, 0.2) is 6.61 Å². The molecular weight excluding hydrogens is 270 g/mol. The molecule has 2 aliphatic rings. The molecule has 2 fully saturated rings. The van der Waals surface area contributed by atoms with Crippen molar-refractivity contribution in [2.45, 2.75) is 18.6 Å². The van der Waals surface area contributed by atoms with Crippen LogP contribution in [0, 0.1) is 11.8 Å². The predicted molar refractivity (Wildman–Crippen MR) is 77.1 cm³/mol. The second kappa shape index (κ2) is 6.45. The van der Waals surface area contributed by atoms with Gasteiger partial charge in [-0.1, -0.05) is 18.2 Å². The minimum Gasteiger partial charge on any atom is -0.484 e. The Balaban J connectivity index is 1.50. The lowest BCUT2D eigenvalue weighted by Crippen LogP contribution is -2.63. The Labute approximate surface area is 124 Å². The molecule has 114 valence electrons. The molecule has 1 N–H and O–H groups in total. The molecule has 21 heavy (non-hydrogen) atoms. The van der Waals surface area contributed by atoms with Crippen LogP contribution in [0.15, 0.2) is 30.3 Å². The van der Waals surface area contributed by atoms with Crippen LogP contribution in [0.25, 0.3) is 0 Å². The lowest BCUT2D eigenvalue weighted by atomic mass is 9.67. The molecule has 1 heterocycles. The van der Waals surface area contributed by atoms with Crippen LogP contribution in [0.5, 0.6) is 5.75 Å². The van der Waals surface area contributed by atoms with E-state index in [1.165, 1.54) is 0 Å². The molecule has 0 radical (unpaired) electrons. The van der Waals surface area contributed by atoms with E-state index in [0.717, 1.165) is 13.0 Å². The summed E-state index contributed by atoms with van der Waals surface area (Å²) in [6.07, 6.45) is 1.25. The third-order valence-electron chi connectivity index (χ3n) is 4.33. The van der Waals surface area contributed by atoms with Crippen molar-refractivity contribution in [2.24, 2.45) is 11.8 Å². The van der Waals surface area contributed by atoms with Gasteiger partial charge < -0.3 is 19.5 Å². The van der Waals surface area contributed by atoms with Gasteiger partial charge in [-0.25, -0.2) is 0 Å². The zero-order chi connectivity index (χ0) is 14.7. The lowest BCUT2D eigenvalue weighted by molar-refractivity contribution is -0.131. The predicted octanol–water partition coefficient (Wildman–Crippen LogP) is 1.23. The third kappa shape index (κ3) is 3.04. The largest absolute Gasteiger partial charge is 0.484 e. The first-order valence-electron chi connectivity index (χ1n) is 7.37. The van der Waals surface area contributed by atoms with Gasteiger partial charge in [0.25, 0.3) is 5.91 Å². The van der Waals surface area contributed by atoms with Gasteiger partial charge in [0, 0.05) is 31.6 Å². The maximum Gasteiger partial charge on any atom is 0.258 e. The van der Waals surface area contributed by atoms with Crippen molar-refractivity contribution in [3.63, 3.8) is 0 Å². The molecule has 5 nitrogen and oxygen atoms in total. The summed E-state index contributed by atoms with van der Waals surface area (Å²) in [5.41, 5.74) is 0. The summed E-state index contributed by atoms with van der Waals surface area (Å²) in [6, 6.07) is 9.50. The highest BCUT2D eigenvalue weighted by atomic mass is 16.5. The molecular formula is C16H21NO4. The Kier molecular flexibility index (Phi) is 4.41. The molecule has 1 aromatic carbocycles. The van der Waals surface area contributed by atoms with Crippen LogP contribution >= 0.6 is 0 Å². The summed E-state index contributed by atoms with van der Waals surface area (Å²) in [6.45, 7) is 1.44. The fraction of sp³-hybridized carbons (Fsp3) is 0.562. The maximum absolute atomic E-state index is 12.0. The van der Waals surface area contributed by atoms with Crippen molar-refractivity contribution in [3.05, 3.63) is 30.3 Å². The number of nitrogens with one attached hydrogen (secondary N) is 1. The Bertz CT molecular complexity index is 478. The molecule has 0 bridgehead atoms. The molecule has 3 rings (SSSR count). The van der Waals surface area contributed by atoms with Gasteiger partial charge in [-0.2, -0.15) is 0 Å². The van der Waals surface area contributed by atoms with Crippen molar-refractivity contribution in [1.29, 1.82) is 0 Å². The average Bonchev–Trinajstić information content (AvgIpc) is 2.94. The number of ether oxygens (including phenoxy) is 3. The summed E-state index contributed by atoms with van der Waals surface area (Å²) in [5.74, 6) is 1.29. The van der Waals surface area contributed by atoms with Gasteiger partial charge in [-0.3, -0.25) is 4.79 Å². The van der Waals surface area contributed by atoms with E-state index >= 15 is 0 Å². The number of hydrogen-bond donors (Lipinski definition) is 1. The summed E-state index contributed by atoms with van der Waals surface area (Å²) < 4.78 is 16.4. The van der Waals surface area contributed by atoms with Crippen LogP contribution in [-0.2, 0) is 14.3 Å². The number of carbonyl (C=O) groups is 1. The van der Waals surface area contributed by atoms with E-state index in [-0.39, 0.29) is 30.6 Å². The minimum absolute atomic E-state index is 0.0401.